The van der Waals surface area contributed by atoms with E-state index in [9.17, 15) is 4.79 Å². The van der Waals surface area contributed by atoms with Gasteiger partial charge in [0.15, 0.2) is 0 Å². The van der Waals surface area contributed by atoms with Gasteiger partial charge in [-0.3, -0.25) is 4.79 Å². The van der Waals surface area contributed by atoms with Crippen LogP contribution < -0.4 is 5.73 Å². The number of hydrogen-bond donors (Lipinski definition) is 2. The SMILES string of the molecule is [N-]=[N+]=NC(CCN)C(=O)O. The van der Waals surface area contributed by atoms with Crippen LogP contribution in [0, 0.1) is 0 Å². The second-order valence-corrected chi connectivity index (χ2v) is 1.64. The number of carboxylic acid groups (broad SMARTS) is 1. The zero-order valence-corrected chi connectivity index (χ0v) is 5.27. The van der Waals surface area contributed by atoms with Gasteiger partial charge in [0.1, 0.15) is 6.04 Å². The predicted molar refractivity (Wildman–Crippen MR) is 34.2 cm³/mol. The summed E-state index contributed by atoms with van der Waals surface area (Å²) >= 11 is 0. The van der Waals surface area contributed by atoms with Gasteiger partial charge >= 0.3 is 5.97 Å². The molecule has 0 fully saturated rings. The maximum atomic E-state index is 10.2. The fourth-order valence-electron chi connectivity index (χ4n) is 0.451. The van der Waals surface area contributed by atoms with Crippen LogP contribution in [0.4, 0.5) is 0 Å². The Bertz CT molecular complexity index is 161. The van der Waals surface area contributed by atoms with Crippen molar-refractivity contribution < 1.29 is 9.90 Å². The molecule has 0 saturated carbocycles. The van der Waals surface area contributed by atoms with Crippen molar-refractivity contribution in [3.63, 3.8) is 0 Å². The first-order valence-corrected chi connectivity index (χ1v) is 2.69. The van der Waals surface area contributed by atoms with Crippen LogP contribution in [0.15, 0.2) is 5.11 Å². The molecule has 10 heavy (non-hydrogen) atoms. The quantitative estimate of drug-likeness (QED) is 0.331. The van der Waals surface area contributed by atoms with Gasteiger partial charge in [0.2, 0.25) is 0 Å². The molecule has 0 radical (unpaired) electrons. The van der Waals surface area contributed by atoms with E-state index < -0.39 is 12.0 Å². The molecule has 6 heteroatoms. The lowest BCUT2D eigenvalue weighted by molar-refractivity contribution is -0.138. The van der Waals surface area contributed by atoms with Crippen LogP contribution in [0.1, 0.15) is 6.42 Å². The third kappa shape index (κ3) is 2.91. The standard InChI is InChI=1S/C4H8N4O2/c5-2-1-3(4(9)10)7-8-6/h3H,1-2,5H2,(H,9,10). The molecule has 0 aliphatic rings. The monoisotopic (exact) mass is 144 g/mol. The van der Waals surface area contributed by atoms with E-state index in [1.54, 1.807) is 0 Å². The maximum Gasteiger partial charge on any atom is 0.312 e. The van der Waals surface area contributed by atoms with Crippen molar-refractivity contribution in [2.75, 3.05) is 6.54 Å². The molecule has 0 aliphatic heterocycles. The average molecular weight is 144 g/mol. The van der Waals surface area contributed by atoms with Gasteiger partial charge in [-0.1, -0.05) is 5.11 Å². The highest BCUT2D eigenvalue weighted by Gasteiger charge is 2.12. The van der Waals surface area contributed by atoms with Crippen LogP contribution >= 0.6 is 0 Å². The largest absolute Gasteiger partial charge is 0.481 e. The highest BCUT2D eigenvalue weighted by Crippen LogP contribution is 1.96. The molecule has 0 aromatic carbocycles. The van der Waals surface area contributed by atoms with E-state index in [4.69, 9.17) is 16.4 Å². The second-order valence-electron chi connectivity index (χ2n) is 1.64. The van der Waals surface area contributed by atoms with Crippen molar-refractivity contribution in [3.8, 4) is 0 Å². The van der Waals surface area contributed by atoms with Gasteiger partial charge in [-0.25, -0.2) is 0 Å². The molecule has 0 aromatic rings. The number of aliphatic carboxylic acids is 1. The highest BCUT2D eigenvalue weighted by molar-refractivity contribution is 5.73. The molecule has 3 N–H and O–H groups in total. The summed E-state index contributed by atoms with van der Waals surface area (Å²) in [5, 5.41) is 11.3. The Labute approximate surface area is 57.3 Å². The van der Waals surface area contributed by atoms with Gasteiger partial charge in [-0.2, -0.15) is 0 Å². The Balaban J connectivity index is 3.97. The number of nitrogens with zero attached hydrogens (tertiary/aromatic N) is 3. The Morgan fingerprint density at radius 2 is 2.50 bits per heavy atom. The predicted octanol–water partition coefficient (Wildman–Crippen LogP) is 0.0987. The zero-order valence-electron chi connectivity index (χ0n) is 5.27. The third-order valence-electron chi connectivity index (χ3n) is 0.916. The molecule has 0 aromatic heterocycles. The fourth-order valence-corrected chi connectivity index (χ4v) is 0.451. The molecular formula is C4H8N4O2. The summed E-state index contributed by atoms with van der Waals surface area (Å²) in [6, 6.07) is -1.02. The minimum Gasteiger partial charge on any atom is -0.481 e. The van der Waals surface area contributed by atoms with Gasteiger partial charge in [-0.15, -0.1) is 0 Å². The number of rotatable bonds is 4. The van der Waals surface area contributed by atoms with E-state index in [0.29, 0.717) is 0 Å². The van der Waals surface area contributed by atoms with E-state index >= 15 is 0 Å². The zero-order chi connectivity index (χ0) is 7.98. The van der Waals surface area contributed by atoms with Crippen molar-refractivity contribution >= 4 is 5.97 Å². The Kier molecular flexibility index (Phi) is 4.02. The lowest BCUT2D eigenvalue weighted by atomic mass is 10.2. The summed E-state index contributed by atoms with van der Waals surface area (Å²) < 4.78 is 0. The van der Waals surface area contributed by atoms with Crippen LogP contribution in [0.3, 0.4) is 0 Å². The summed E-state index contributed by atoms with van der Waals surface area (Å²) in [7, 11) is 0. The van der Waals surface area contributed by atoms with Gasteiger partial charge in [-0.05, 0) is 18.5 Å². The van der Waals surface area contributed by atoms with Crippen molar-refractivity contribution in [2.45, 2.75) is 12.5 Å². The number of hydrogen-bond acceptors (Lipinski definition) is 3. The molecule has 0 spiro atoms. The summed E-state index contributed by atoms with van der Waals surface area (Å²) in [5.74, 6) is -1.14. The second kappa shape index (κ2) is 4.60. The first-order chi connectivity index (χ1) is 4.72. The number of nitrogens with two attached hydrogens (primary N) is 1. The molecule has 0 aliphatic carbocycles. The summed E-state index contributed by atoms with van der Waals surface area (Å²) in [6.45, 7) is 0.204. The number of carbonyl (C=O) groups is 1. The summed E-state index contributed by atoms with van der Waals surface area (Å²) in [4.78, 5) is 12.5. The van der Waals surface area contributed by atoms with Crippen molar-refractivity contribution in [1.82, 2.24) is 0 Å². The summed E-state index contributed by atoms with van der Waals surface area (Å²) in [5.41, 5.74) is 12.9. The molecule has 6 nitrogen and oxygen atoms in total. The van der Waals surface area contributed by atoms with Crippen molar-refractivity contribution in [3.05, 3.63) is 10.4 Å². The van der Waals surface area contributed by atoms with Crippen molar-refractivity contribution in [2.24, 2.45) is 10.8 Å². The van der Waals surface area contributed by atoms with E-state index in [1.165, 1.54) is 0 Å². The molecule has 0 rings (SSSR count). The minimum absolute atomic E-state index is 0.180. The molecule has 0 amide bonds. The lowest BCUT2D eigenvalue weighted by Gasteiger charge is -2.00. The molecule has 1 unspecified atom stereocenters. The van der Waals surface area contributed by atoms with Gasteiger partial charge in [0, 0.05) is 4.91 Å². The Morgan fingerprint density at radius 1 is 1.90 bits per heavy atom. The number of carboxylic acids is 1. The molecule has 0 heterocycles. The van der Waals surface area contributed by atoms with Crippen LogP contribution in [-0.2, 0) is 4.79 Å². The smallest absolute Gasteiger partial charge is 0.312 e. The van der Waals surface area contributed by atoms with Crippen molar-refractivity contribution in [1.29, 1.82) is 0 Å². The highest BCUT2D eigenvalue weighted by atomic mass is 16.4. The van der Waals surface area contributed by atoms with Crippen LogP contribution in [0.25, 0.3) is 10.4 Å². The Hall–Kier alpha value is -1.26. The van der Waals surface area contributed by atoms with Gasteiger partial charge in [0.05, 0.1) is 0 Å². The fraction of sp³-hybridized carbons (Fsp3) is 0.750. The number of azide groups is 1. The van der Waals surface area contributed by atoms with Crippen LogP contribution in [0.5, 0.6) is 0 Å². The molecule has 0 saturated heterocycles. The van der Waals surface area contributed by atoms with Gasteiger partial charge < -0.3 is 10.8 Å². The first kappa shape index (κ1) is 8.74. The van der Waals surface area contributed by atoms with E-state index in [0.717, 1.165) is 0 Å². The lowest BCUT2D eigenvalue weighted by Crippen LogP contribution is -2.20. The summed E-state index contributed by atoms with van der Waals surface area (Å²) in [6.07, 6.45) is 0.180. The first-order valence-electron chi connectivity index (χ1n) is 2.69. The molecule has 1 atom stereocenters. The normalized spacial score (nSPS) is 11.7. The average Bonchev–Trinajstić information content (AvgIpc) is 1.87. The van der Waals surface area contributed by atoms with E-state index in [1.807, 2.05) is 0 Å². The molecular weight excluding hydrogens is 136 g/mol. The third-order valence-corrected chi connectivity index (χ3v) is 0.916. The van der Waals surface area contributed by atoms with Crippen LogP contribution in [0.2, 0.25) is 0 Å². The van der Waals surface area contributed by atoms with Crippen LogP contribution in [-0.4, -0.2) is 23.7 Å². The van der Waals surface area contributed by atoms with E-state index in [2.05, 4.69) is 10.0 Å². The maximum absolute atomic E-state index is 10.2. The molecule has 56 valence electrons. The van der Waals surface area contributed by atoms with E-state index in [-0.39, 0.29) is 13.0 Å². The Morgan fingerprint density at radius 3 is 2.80 bits per heavy atom. The van der Waals surface area contributed by atoms with Gasteiger partial charge in [0.25, 0.3) is 0 Å². The topological polar surface area (TPSA) is 112 Å². The minimum atomic E-state index is -1.14. The molecule has 0 bridgehead atoms.